The highest BCUT2D eigenvalue weighted by Gasteiger charge is 2.28. The van der Waals surface area contributed by atoms with Crippen LogP contribution in [0.15, 0.2) is 48.5 Å². The monoisotopic (exact) mass is 466 g/mol. The van der Waals surface area contributed by atoms with Crippen molar-refractivity contribution in [2.45, 2.75) is 63.8 Å². The van der Waals surface area contributed by atoms with Crippen LogP contribution in [0, 0.1) is 0 Å². The molecule has 2 aromatic rings. The lowest BCUT2D eigenvalue weighted by atomic mass is 9.98. The molecule has 0 spiro atoms. The van der Waals surface area contributed by atoms with E-state index in [0.717, 1.165) is 19.3 Å². The molecule has 0 saturated carbocycles. The van der Waals surface area contributed by atoms with E-state index in [9.17, 15) is 14.4 Å². The Morgan fingerprint density at radius 1 is 0.912 bits per heavy atom. The average Bonchev–Trinajstić information content (AvgIpc) is 3.13. The number of rotatable bonds is 13. The molecule has 3 N–H and O–H groups in total. The van der Waals surface area contributed by atoms with Crippen LogP contribution in [0.4, 0.5) is 4.79 Å². The number of benzene rings is 2. The molecule has 1 unspecified atom stereocenters. The Morgan fingerprint density at radius 3 is 2.21 bits per heavy atom. The molecule has 7 heteroatoms. The maximum atomic E-state index is 12.2. The molecule has 1 aliphatic rings. The first-order valence-corrected chi connectivity index (χ1v) is 12.1. The maximum Gasteiger partial charge on any atom is 0.407 e. The first-order chi connectivity index (χ1) is 16.5. The van der Waals surface area contributed by atoms with Gasteiger partial charge in [-0.05, 0) is 54.9 Å². The zero-order chi connectivity index (χ0) is 24.3. The Morgan fingerprint density at radius 2 is 1.56 bits per heavy atom. The van der Waals surface area contributed by atoms with E-state index in [1.807, 2.05) is 31.2 Å². The second kappa shape index (κ2) is 12.8. The molecule has 0 radical (unpaired) electrons. The summed E-state index contributed by atoms with van der Waals surface area (Å²) in [6, 6.07) is 16.4. The minimum atomic E-state index is -0.815. The molecular formula is C27H34N2O5. The number of carboxylic acids is 1. The van der Waals surface area contributed by atoms with Gasteiger partial charge in [0.05, 0.1) is 0 Å². The van der Waals surface area contributed by atoms with Crippen LogP contribution < -0.4 is 10.6 Å². The summed E-state index contributed by atoms with van der Waals surface area (Å²) in [6.07, 6.45) is 3.66. The third kappa shape index (κ3) is 7.33. The van der Waals surface area contributed by atoms with E-state index in [0.29, 0.717) is 32.4 Å². The van der Waals surface area contributed by atoms with Crippen LogP contribution in [0.25, 0.3) is 11.1 Å². The van der Waals surface area contributed by atoms with Crippen molar-refractivity contribution in [1.29, 1.82) is 0 Å². The van der Waals surface area contributed by atoms with E-state index >= 15 is 0 Å². The van der Waals surface area contributed by atoms with Crippen molar-refractivity contribution in [3.8, 4) is 11.1 Å². The summed E-state index contributed by atoms with van der Waals surface area (Å²) < 4.78 is 5.52. The molecule has 2 amide bonds. The standard InChI is InChI=1S/C27H34N2O5/c1-19(10-9-16-26(31)32)29-25(30)15-3-2-8-17-28-27(33)34-18-24-22-13-6-4-11-20(22)21-12-5-7-14-23(21)24/h4-7,11-14,19,24H,2-3,8-10,15-18H2,1H3,(H,28,33)(H,29,30)(H,31,32). The number of hydrogen-bond donors (Lipinski definition) is 3. The lowest BCUT2D eigenvalue weighted by molar-refractivity contribution is -0.137. The quantitative estimate of drug-likeness (QED) is 0.366. The molecule has 0 aromatic heterocycles. The topological polar surface area (TPSA) is 105 Å². The molecule has 0 fully saturated rings. The Labute approximate surface area is 200 Å². The zero-order valence-electron chi connectivity index (χ0n) is 19.7. The van der Waals surface area contributed by atoms with Gasteiger partial charge in [0.1, 0.15) is 6.61 Å². The van der Waals surface area contributed by atoms with Gasteiger partial charge in [-0.2, -0.15) is 0 Å². The molecule has 1 aliphatic carbocycles. The van der Waals surface area contributed by atoms with Crippen LogP contribution in [-0.2, 0) is 14.3 Å². The number of alkyl carbamates (subject to hydrolysis) is 1. The molecule has 34 heavy (non-hydrogen) atoms. The van der Waals surface area contributed by atoms with Gasteiger partial charge in [0.2, 0.25) is 5.91 Å². The normalized spacial score (nSPS) is 13.0. The van der Waals surface area contributed by atoms with Gasteiger partial charge in [-0.3, -0.25) is 9.59 Å². The summed E-state index contributed by atoms with van der Waals surface area (Å²) in [5.41, 5.74) is 4.77. The van der Waals surface area contributed by atoms with Gasteiger partial charge >= 0.3 is 12.1 Å². The molecule has 0 aliphatic heterocycles. The van der Waals surface area contributed by atoms with E-state index in [2.05, 4.69) is 34.9 Å². The largest absolute Gasteiger partial charge is 0.481 e. The van der Waals surface area contributed by atoms with Crippen molar-refractivity contribution in [1.82, 2.24) is 10.6 Å². The first-order valence-electron chi connectivity index (χ1n) is 12.1. The Hall–Kier alpha value is -3.35. The van der Waals surface area contributed by atoms with Gasteiger partial charge in [-0.15, -0.1) is 0 Å². The number of amides is 2. The maximum absolute atomic E-state index is 12.2. The number of nitrogens with one attached hydrogen (secondary N) is 2. The first kappa shape index (κ1) is 25.3. The summed E-state index contributed by atoms with van der Waals surface area (Å²) >= 11 is 0. The van der Waals surface area contributed by atoms with Gasteiger partial charge < -0.3 is 20.5 Å². The molecule has 0 bridgehead atoms. The second-order valence-electron chi connectivity index (χ2n) is 8.82. The van der Waals surface area contributed by atoms with Crippen molar-refractivity contribution >= 4 is 18.0 Å². The number of unbranched alkanes of at least 4 members (excludes halogenated alkanes) is 2. The summed E-state index contributed by atoms with van der Waals surface area (Å²) in [4.78, 5) is 34.7. The van der Waals surface area contributed by atoms with Crippen molar-refractivity contribution in [2.75, 3.05) is 13.2 Å². The Kier molecular flexibility index (Phi) is 9.50. The van der Waals surface area contributed by atoms with E-state index < -0.39 is 12.1 Å². The number of carbonyl (C=O) groups excluding carboxylic acids is 2. The molecule has 3 rings (SSSR count). The van der Waals surface area contributed by atoms with Crippen LogP contribution in [0.1, 0.15) is 68.9 Å². The summed E-state index contributed by atoms with van der Waals surface area (Å²) in [6.45, 7) is 2.69. The van der Waals surface area contributed by atoms with Crippen LogP contribution in [0.3, 0.4) is 0 Å². The molecule has 0 heterocycles. The lowest BCUT2D eigenvalue weighted by Crippen LogP contribution is -2.32. The minimum Gasteiger partial charge on any atom is -0.481 e. The second-order valence-corrected chi connectivity index (χ2v) is 8.82. The zero-order valence-corrected chi connectivity index (χ0v) is 19.7. The summed E-state index contributed by atoms with van der Waals surface area (Å²) in [7, 11) is 0. The third-order valence-corrected chi connectivity index (χ3v) is 6.13. The van der Waals surface area contributed by atoms with Gasteiger partial charge in [-0.25, -0.2) is 4.79 Å². The summed E-state index contributed by atoms with van der Waals surface area (Å²) in [5.74, 6) is -0.791. The fourth-order valence-corrected chi connectivity index (χ4v) is 4.41. The van der Waals surface area contributed by atoms with Gasteiger partial charge in [0.15, 0.2) is 0 Å². The van der Waals surface area contributed by atoms with Crippen LogP contribution >= 0.6 is 0 Å². The Balaban J connectivity index is 1.28. The van der Waals surface area contributed by atoms with Crippen LogP contribution in [0.2, 0.25) is 0 Å². The van der Waals surface area contributed by atoms with E-state index in [4.69, 9.17) is 9.84 Å². The van der Waals surface area contributed by atoms with Gasteiger partial charge in [-0.1, -0.05) is 55.0 Å². The number of ether oxygens (including phenoxy) is 1. The third-order valence-electron chi connectivity index (χ3n) is 6.13. The van der Waals surface area contributed by atoms with Crippen LogP contribution in [0.5, 0.6) is 0 Å². The molecule has 1 atom stereocenters. The van der Waals surface area contributed by atoms with Crippen molar-refractivity contribution in [2.24, 2.45) is 0 Å². The predicted octanol–water partition coefficient (Wildman–Crippen LogP) is 4.85. The molecule has 2 aromatic carbocycles. The molecule has 0 saturated heterocycles. The molecule has 7 nitrogen and oxygen atoms in total. The van der Waals surface area contributed by atoms with E-state index in [1.54, 1.807) is 0 Å². The van der Waals surface area contributed by atoms with Crippen molar-refractivity contribution < 1.29 is 24.2 Å². The van der Waals surface area contributed by atoms with E-state index in [-0.39, 0.29) is 24.3 Å². The fourth-order valence-electron chi connectivity index (χ4n) is 4.41. The highest BCUT2D eigenvalue weighted by atomic mass is 16.5. The molecular weight excluding hydrogens is 432 g/mol. The Bertz CT molecular complexity index is 945. The number of fused-ring (bicyclic) bond motifs is 3. The van der Waals surface area contributed by atoms with E-state index in [1.165, 1.54) is 22.3 Å². The number of carbonyl (C=O) groups is 3. The van der Waals surface area contributed by atoms with Gasteiger partial charge in [0, 0.05) is 31.3 Å². The van der Waals surface area contributed by atoms with Crippen molar-refractivity contribution in [3.63, 3.8) is 0 Å². The van der Waals surface area contributed by atoms with Gasteiger partial charge in [0.25, 0.3) is 0 Å². The molecule has 182 valence electrons. The average molecular weight is 467 g/mol. The number of aliphatic carboxylic acids is 1. The number of carboxylic acid groups (broad SMARTS) is 1. The van der Waals surface area contributed by atoms with Crippen molar-refractivity contribution in [3.05, 3.63) is 59.7 Å². The lowest BCUT2D eigenvalue weighted by Gasteiger charge is -2.14. The SMILES string of the molecule is CC(CCCC(=O)O)NC(=O)CCCCCNC(=O)OCC1c2ccccc2-c2ccccc21. The minimum absolute atomic E-state index is 0.0210. The smallest absolute Gasteiger partial charge is 0.407 e. The highest BCUT2D eigenvalue weighted by Crippen LogP contribution is 2.44. The summed E-state index contributed by atoms with van der Waals surface area (Å²) in [5, 5.41) is 14.4. The predicted molar refractivity (Wildman–Crippen MR) is 131 cm³/mol. The number of hydrogen-bond acceptors (Lipinski definition) is 4. The fraction of sp³-hybridized carbons (Fsp3) is 0.444. The highest BCUT2D eigenvalue weighted by molar-refractivity contribution is 5.79. The van der Waals surface area contributed by atoms with Crippen LogP contribution in [-0.4, -0.2) is 42.3 Å².